The lowest BCUT2D eigenvalue weighted by Gasteiger charge is -2.32. The van der Waals surface area contributed by atoms with E-state index in [1.807, 2.05) is 48.5 Å². The smallest absolute Gasteiger partial charge is 0.220 e. The monoisotopic (exact) mass is 490 g/mol. The molecule has 5 rings (SSSR count). The molecule has 0 saturated heterocycles. The molecule has 5 aromatic rings. The fourth-order valence-electron chi connectivity index (χ4n) is 5.23. The number of pyridine rings is 1. The van der Waals surface area contributed by atoms with E-state index in [2.05, 4.69) is 67.5 Å². The second-order valence-corrected chi connectivity index (χ2v) is 9.97. The summed E-state index contributed by atoms with van der Waals surface area (Å²) in [5.74, 6) is 0.461. The van der Waals surface area contributed by atoms with E-state index in [1.165, 1.54) is 0 Å². The molecule has 0 spiro atoms. The van der Waals surface area contributed by atoms with E-state index >= 15 is 0 Å². The summed E-state index contributed by atoms with van der Waals surface area (Å²) in [6.07, 6.45) is 2.42. The Labute approximate surface area is 219 Å². The van der Waals surface area contributed by atoms with Gasteiger partial charge in [-0.15, -0.1) is 0 Å². The maximum atomic E-state index is 12.6. The minimum atomic E-state index is -1.26. The van der Waals surface area contributed by atoms with Crippen LogP contribution in [0.15, 0.2) is 97.1 Å². The van der Waals surface area contributed by atoms with Crippen LogP contribution in [-0.4, -0.2) is 42.7 Å². The average molecular weight is 491 g/mol. The van der Waals surface area contributed by atoms with Crippen molar-refractivity contribution in [2.24, 2.45) is 0 Å². The zero-order chi connectivity index (χ0) is 25.8. The van der Waals surface area contributed by atoms with Crippen molar-refractivity contribution >= 4 is 21.7 Å². The van der Waals surface area contributed by atoms with Gasteiger partial charge in [0.2, 0.25) is 5.88 Å². The molecule has 0 aliphatic heterocycles. The Kier molecular flexibility index (Phi) is 7.22. The second kappa shape index (κ2) is 10.7. The van der Waals surface area contributed by atoms with Gasteiger partial charge in [-0.25, -0.2) is 4.98 Å². The van der Waals surface area contributed by atoms with Gasteiger partial charge in [-0.1, -0.05) is 78.9 Å². The van der Waals surface area contributed by atoms with Crippen LogP contribution in [0.4, 0.5) is 0 Å². The molecular weight excluding hydrogens is 456 g/mol. The van der Waals surface area contributed by atoms with Crippen molar-refractivity contribution in [1.29, 1.82) is 0 Å². The Balaban J connectivity index is 1.68. The number of hydrogen-bond donors (Lipinski definition) is 1. The van der Waals surface area contributed by atoms with Crippen molar-refractivity contribution in [3.05, 3.63) is 108 Å². The Morgan fingerprint density at radius 2 is 1.51 bits per heavy atom. The zero-order valence-corrected chi connectivity index (χ0v) is 21.8. The van der Waals surface area contributed by atoms with Crippen LogP contribution in [0, 0.1) is 0 Å². The van der Waals surface area contributed by atoms with Crippen LogP contribution in [0.25, 0.3) is 32.8 Å². The van der Waals surface area contributed by atoms with Crippen LogP contribution in [0.3, 0.4) is 0 Å². The van der Waals surface area contributed by atoms with Crippen LogP contribution in [0.2, 0.25) is 0 Å². The molecule has 1 atom stereocenters. The first-order chi connectivity index (χ1) is 18.0. The summed E-state index contributed by atoms with van der Waals surface area (Å²) in [6, 6.07) is 33.1. The Morgan fingerprint density at radius 1 is 0.757 bits per heavy atom. The molecule has 0 fully saturated rings. The van der Waals surface area contributed by atoms with Crippen molar-refractivity contribution in [2.45, 2.75) is 24.9 Å². The summed E-state index contributed by atoms with van der Waals surface area (Å²) in [5.41, 5.74) is 3.43. The molecule has 0 aliphatic carbocycles. The van der Waals surface area contributed by atoms with Crippen LogP contribution >= 0.6 is 0 Å². The topological polar surface area (TPSA) is 45.6 Å². The van der Waals surface area contributed by atoms with Crippen LogP contribution in [-0.2, 0) is 5.60 Å². The molecule has 1 N–H and O–H groups in total. The second-order valence-electron chi connectivity index (χ2n) is 9.97. The quantitative estimate of drug-likeness (QED) is 0.225. The molecule has 188 valence electrons. The van der Waals surface area contributed by atoms with Gasteiger partial charge in [0.15, 0.2) is 0 Å². The third-order valence-electron chi connectivity index (χ3n) is 7.15. The molecule has 0 bridgehead atoms. The van der Waals surface area contributed by atoms with Crippen molar-refractivity contribution in [3.63, 3.8) is 0 Å². The van der Waals surface area contributed by atoms with Crippen molar-refractivity contribution in [3.8, 4) is 17.0 Å². The third kappa shape index (κ3) is 5.08. The minimum Gasteiger partial charge on any atom is -0.481 e. The Morgan fingerprint density at radius 3 is 2.30 bits per heavy atom. The molecule has 0 radical (unpaired) electrons. The summed E-state index contributed by atoms with van der Waals surface area (Å²) >= 11 is 0. The van der Waals surface area contributed by atoms with E-state index in [9.17, 15) is 5.11 Å². The summed E-state index contributed by atoms with van der Waals surface area (Å²) in [6.45, 7) is 0.971. The van der Waals surface area contributed by atoms with Gasteiger partial charge in [0, 0.05) is 5.39 Å². The van der Waals surface area contributed by atoms with Crippen molar-refractivity contribution in [2.75, 3.05) is 27.7 Å². The third-order valence-corrected chi connectivity index (χ3v) is 7.15. The molecular formula is C33H34N2O2. The molecule has 1 heterocycles. The largest absolute Gasteiger partial charge is 0.481 e. The molecule has 0 amide bonds. The standard InChI is InChI=1S/C33H34N2O2/c1-35(2)21-10-9-20-33(36,29-17-11-15-25-14-7-8-16-28(25)29)30-23-27-22-26(24-12-5-4-6-13-24)18-19-31(27)34-32(30)37-3/h4-8,11-19,22-23,36H,9-10,20-21H2,1-3H3. The number of nitrogens with zero attached hydrogens (tertiary/aromatic N) is 2. The zero-order valence-electron chi connectivity index (χ0n) is 21.8. The molecule has 4 nitrogen and oxygen atoms in total. The van der Waals surface area contributed by atoms with E-state index in [-0.39, 0.29) is 0 Å². The highest BCUT2D eigenvalue weighted by Crippen LogP contribution is 2.43. The number of methoxy groups -OCH3 is 1. The fraction of sp³-hybridized carbons (Fsp3) is 0.242. The van der Waals surface area contributed by atoms with Gasteiger partial charge in [-0.3, -0.25) is 0 Å². The number of unbranched alkanes of at least 4 members (excludes halogenated alkanes) is 1. The highest BCUT2D eigenvalue weighted by molar-refractivity contribution is 5.89. The Hall–Kier alpha value is -3.73. The van der Waals surface area contributed by atoms with E-state index in [4.69, 9.17) is 9.72 Å². The number of benzene rings is 4. The van der Waals surface area contributed by atoms with Gasteiger partial charge in [-0.05, 0) is 85.6 Å². The van der Waals surface area contributed by atoms with Gasteiger partial charge in [0.1, 0.15) is 5.60 Å². The molecule has 1 unspecified atom stereocenters. The van der Waals surface area contributed by atoms with Gasteiger partial charge in [-0.2, -0.15) is 0 Å². The van der Waals surface area contributed by atoms with Crippen LogP contribution < -0.4 is 4.74 Å². The number of aromatic nitrogens is 1. The number of hydrogen-bond acceptors (Lipinski definition) is 4. The molecule has 1 aromatic heterocycles. The van der Waals surface area contributed by atoms with Gasteiger partial charge >= 0.3 is 0 Å². The fourth-order valence-corrected chi connectivity index (χ4v) is 5.23. The maximum Gasteiger partial charge on any atom is 0.220 e. The lowest BCUT2D eigenvalue weighted by atomic mass is 9.79. The number of fused-ring (bicyclic) bond motifs is 2. The summed E-state index contributed by atoms with van der Waals surface area (Å²) in [7, 11) is 5.79. The van der Waals surface area contributed by atoms with Crippen molar-refractivity contribution in [1.82, 2.24) is 9.88 Å². The lowest BCUT2D eigenvalue weighted by Crippen LogP contribution is -2.29. The van der Waals surface area contributed by atoms with E-state index < -0.39 is 5.60 Å². The predicted octanol–water partition coefficient (Wildman–Crippen LogP) is 7.03. The molecule has 37 heavy (non-hydrogen) atoms. The first-order valence-corrected chi connectivity index (χ1v) is 12.9. The number of aliphatic hydroxyl groups is 1. The summed E-state index contributed by atoms with van der Waals surface area (Å²) in [4.78, 5) is 7.05. The van der Waals surface area contributed by atoms with Gasteiger partial charge in [0.05, 0.1) is 18.2 Å². The van der Waals surface area contributed by atoms with Crippen LogP contribution in [0.5, 0.6) is 5.88 Å². The van der Waals surface area contributed by atoms with Crippen LogP contribution in [0.1, 0.15) is 30.4 Å². The van der Waals surface area contributed by atoms with Gasteiger partial charge < -0.3 is 14.7 Å². The first kappa shape index (κ1) is 24.9. The Bertz CT molecular complexity index is 1510. The molecule has 0 saturated carbocycles. The summed E-state index contributed by atoms with van der Waals surface area (Å²) < 4.78 is 5.81. The average Bonchev–Trinajstić information content (AvgIpc) is 2.94. The first-order valence-electron chi connectivity index (χ1n) is 12.9. The number of rotatable bonds is 9. The highest BCUT2D eigenvalue weighted by Gasteiger charge is 2.36. The maximum absolute atomic E-state index is 12.6. The van der Waals surface area contributed by atoms with Crippen molar-refractivity contribution < 1.29 is 9.84 Å². The predicted molar refractivity (Wildman–Crippen MR) is 153 cm³/mol. The molecule has 4 heteroatoms. The normalized spacial score (nSPS) is 13.2. The van der Waals surface area contributed by atoms with Gasteiger partial charge in [0.25, 0.3) is 0 Å². The summed E-state index contributed by atoms with van der Waals surface area (Å²) in [5, 5.41) is 15.8. The lowest BCUT2D eigenvalue weighted by molar-refractivity contribution is 0.0658. The van der Waals surface area contributed by atoms with E-state index in [0.717, 1.165) is 57.8 Å². The molecule has 4 aromatic carbocycles. The van der Waals surface area contributed by atoms with E-state index in [0.29, 0.717) is 17.9 Å². The SMILES string of the molecule is COc1nc2ccc(-c3ccccc3)cc2cc1C(O)(CCCCN(C)C)c1cccc2ccccc12. The highest BCUT2D eigenvalue weighted by atomic mass is 16.5. The van der Waals surface area contributed by atoms with E-state index in [1.54, 1.807) is 7.11 Å². The number of ether oxygens (including phenoxy) is 1. The molecule has 0 aliphatic rings. The minimum absolute atomic E-state index is 0.461.